The standard InChI is InChI=1S/C17H16F3N3O2/c1-11-6-7-14(25-11)16(24,17(18,19)20)8-9-21-15-10-22-12-4-2-3-5-13(12)23-15/h2-7,10,24H,8-9H2,1H3,(H,21,23)/t16-/m1/s1. The Kier molecular flexibility index (Phi) is 4.38. The lowest BCUT2D eigenvalue weighted by Crippen LogP contribution is -2.43. The van der Waals surface area contributed by atoms with Crippen LogP contribution in [-0.2, 0) is 5.60 Å². The molecule has 1 atom stereocenters. The highest BCUT2D eigenvalue weighted by molar-refractivity contribution is 5.75. The van der Waals surface area contributed by atoms with Crippen molar-refractivity contribution in [3.05, 3.63) is 54.1 Å². The van der Waals surface area contributed by atoms with Gasteiger partial charge in [0.25, 0.3) is 0 Å². The van der Waals surface area contributed by atoms with E-state index in [1.165, 1.54) is 19.2 Å². The van der Waals surface area contributed by atoms with Crippen LogP contribution in [0.2, 0.25) is 0 Å². The largest absolute Gasteiger partial charge is 0.463 e. The molecule has 0 spiro atoms. The number of benzene rings is 1. The number of aliphatic hydroxyl groups is 1. The zero-order chi connectivity index (χ0) is 18.1. The molecule has 132 valence electrons. The minimum atomic E-state index is -4.87. The molecule has 0 unspecified atom stereocenters. The minimum absolute atomic E-state index is 0.164. The highest BCUT2D eigenvalue weighted by atomic mass is 19.4. The SMILES string of the molecule is Cc1ccc([C@](O)(CCNc2cnc3ccccc3n2)C(F)(F)F)o1. The van der Waals surface area contributed by atoms with E-state index in [9.17, 15) is 18.3 Å². The fourth-order valence-electron chi connectivity index (χ4n) is 2.48. The number of rotatable bonds is 5. The molecule has 2 aromatic heterocycles. The molecule has 1 aromatic carbocycles. The Bertz CT molecular complexity index is 879. The van der Waals surface area contributed by atoms with Crippen LogP contribution >= 0.6 is 0 Å². The predicted octanol–water partition coefficient (Wildman–Crippen LogP) is 3.78. The first-order valence-corrected chi connectivity index (χ1v) is 7.61. The Morgan fingerprint density at radius 1 is 1.12 bits per heavy atom. The third kappa shape index (κ3) is 3.43. The van der Waals surface area contributed by atoms with E-state index in [1.807, 2.05) is 6.07 Å². The molecule has 8 heteroatoms. The van der Waals surface area contributed by atoms with E-state index in [-0.39, 0.29) is 6.54 Å². The molecule has 2 heterocycles. The number of alkyl halides is 3. The van der Waals surface area contributed by atoms with Crippen molar-refractivity contribution in [3.8, 4) is 0 Å². The molecule has 0 amide bonds. The predicted molar refractivity (Wildman–Crippen MR) is 86.0 cm³/mol. The number of para-hydroxylation sites is 2. The van der Waals surface area contributed by atoms with Crippen LogP contribution < -0.4 is 5.32 Å². The van der Waals surface area contributed by atoms with E-state index < -0.39 is 24.0 Å². The van der Waals surface area contributed by atoms with Gasteiger partial charge in [-0.3, -0.25) is 4.98 Å². The van der Waals surface area contributed by atoms with Gasteiger partial charge in [-0.25, -0.2) is 4.98 Å². The molecule has 3 rings (SSSR count). The fourth-order valence-corrected chi connectivity index (χ4v) is 2.48. The van der Waals surface area contributed by atoms with Gasteiger partial charge in [0.1, 0.15) is 17.3 Å². The fraction of sp³-hybridized carbons (Fsp3) is 0.294. The van der Waals surface area contributed by atoms with Crippen molar-refractivity contribution in [2.45, 2.75) is 25.1 Å². The molecule has 0 aliphatic rings. The summed E-state index contributed by atoms with van der Waals surface area (Å²) in [6.07, 6.45) is -4.06. The number of aromatic nitrogens is 2. The van der Waals surface area contributed by atoms with Gasteiger partial charge in [-0.2, -0.15) is 13.2 Å². The van der Waals surface area contributed by atoms with Gasteiger partial charge in [-0.1, -0.05) is 12.1 Å². The number of nitrogens with zero attached hydrogens (tertiary/aromatic N) is 2. The molecule has 0 saturated carbocycles. The number of aryl methyl sites for hydroxylation is 1. The summed E-state index contributed by atoms with van der Waals surface area (Å²) in [7, 11) is 0. The van der Waals surface area contributed by atoms with Gasteiger partial charge in [0.15, 0.2) is 0 Å². The average molecular weight is 351 g/mol. The first kappa shape index (κ1) is 17.2. The lowest BCUT2D eigenvalue weighted by atomic mass is 9.96. The van der Waals surface area contributed by atoms with Crippen LogP contribution in [0.4, 0.5) is 19.0 Å². The molecule has 2 N–H and O–H groups in total. The third-order valence-corrected chi connectivity index (χ3v) is 3.86. The summed E-state index contributed by atoms with van der Waals surface area (Å²) in [6, 6.07) is 9.67. The van der Waals surface area contributed by atoms with E-state index in [4.69, 9.17) is 4.42 Å². The summed E-state index contributed by atoms with van der Waals surface area (Å²) in [5.41, 5.74) is -1.76. The molecule has 0 aliphatic carbocycles. The van der Waals surface area contributed by atoms with E-state index in [0.29, 0.717) is 22.6 Å². The number of halogens is 3. The van der Waals surface area contributed by atoms with Gasteiger partial charge >= 0.3 is 6.18 Å². The van der Waals surface area contributed by atoms with Gasteiger partial charge in [-0.05, 0) is 31.2 Å². The molecule has 5 nitrogen and oxygen atoms in total. The Balaban J connectivity index is 1.75. The summed E-state index contributed by atoms with van der Waals surface area (Å²) in [4.78, 5) is 8.45. The molecule has 3 aromatic rings. The summed E-state index contributed by atoms with van der Waals surface area (Å²) in [6.45, 7) is 1.35. The highest BCUT2D eigenvalue weighted by Gasteiger charge is 2.56. The van der Waals surface area contributed by atoms with Crippen LogP contribution in [-0.4, -0.2) is 27.8 Å². The van der Waals surface area contributed by atoms with Crippen LogP contribution in [0.5, 0.6) is 0 Å². The molecule has 0 bridgehead atoms. The normalized spacial score (nSPS) is 14.4. The van der Waals surface area contributed by atoms with E-state index in [2.05, 4.69) is 15.3 Å². The third-order valence-electron chi connectivity index (χ3n) is 3.86. The summed E-state index contributed by atoms with van der Waals surface area (Å²) in [5, 5.41) is 13.0. The van der Waals surface area contributed by atoms with Crippen molar-refractivity contribution in [1.29, 1.82) is 0 Å². The molecule has 0 fully saturated rings. The summed E-state index contributed by atoms with van der Waals surface area (Å²) < 4.78 is 45.1. The number of anilines is 1. The molecule has 0 aliphatic heterocycles. The lowest BCUT2D eigenvalue weighted by Gasteiger charge is -2.28. The smallest absolute Gasteiger partial charge is 0.424 e. The minimum Gasteiger partial charge on any atom is -0.463 e. The number of nitrogens with one attached hydrogen (secondary N) is 1. The number of fused-ring (bicyclic) bond motifs is 1. The van der Waals surface area contributed by atoms with E-state index >= 15 is 0 Å². The monoisotopic (exact) mass is 351 g/mol. The van der Waals surface area contributed by atoms with Gasteiger partial charge in [0.05, 0.1) is 17.2 Å². The molecule has 0 saturated heterocycles. The highest BCUT2D eigenvalue weighted by Crippen LogP contribution is 2.42. The maximum absolute atomic E-state index is 13.4. The zero-order valence-corrected chi connectivity index (χ0v) is 13.3. The van der Waals surface area contributed by atoms with Crippen molar-refractivity contribution in [2.24, 2.45) is 0 Å². The Labute approximate surface area is 141 Å². The van der Waals surface area contributed by atoms with Gasteiger partial charge in [0, 0.05) is 13.0 Å². The quantitative estimate of drug-likeness (QED) is 0.732. The maximum atomic E-state index is 13.4. The van der Waals surface area contributed by atoms with Gasteiger partial charge in [0.2, 0.25) is 5.60 Å². The van der Waals surface area contributed by atoms with Crippen molar-refractivity contribution < 1.29 is 22.7 Å². The average Bonchev–Trinajstić information content (AvgIpc) is 3.00. The second-order valence-electron chi connectivity index (χ2n) is 5.69. The van der Waals surface area contributed by atoms with Crippen LogP contribution in [0.1, 0.15) is 17.9 Å². The van der Waals surface area contributed by atoms with Crippen molar-refractivity contribution in [1.82, 2.24) is 9.97 Å². The second kappa shape index (κ2) is 6.36. The summed E-state index contributed by atoms with van der Waals surface area (Å²) in [5.74, 6) is 0.105. The van der Waals surface area contributed by atoms with Crippen molar-refractivity contribution >= 4 is 16.9 Å². The Morgan fingerprint density at radius 3 is 2.48 bits per heavy atom. The lowest BCUT2D eigenvalue weighted by molar-refractivity contribution is -0.274. The number of hydrogen-bond donors (Lipinski definition) is 2. The zero-order valence-electron chi connectivity index (χ0n) is 13.3. The molecule has 0 radical (unpaired) electrons. The first-order valence-electron chi connectivity index (χ1n) is 7.61. The molecule has 25 heavy (non-hydrogen) atoms. The van der Waals surface area contributed by atoms with E-state index in [1.54, 1.807) is 18.2 Å². The molecular formula is C17H16F3N3O2. The van der Waals surface area contributed by atoms with Gasteiger partial charge < -0.3 is 14.8 Å². The molecular weight excluding hydrogens is 335 g/mol. The second-order valence-corrected chi connectivity index (χ2v) is 5.69. The van der Waals surface area contributed by atoms with Crippen LogP contribution in [0, 0.1) is 6.92 Å². The first-order chi connectivity index (χ1) is 11.8. The van der Waals surface area contributed by atoms with E-state index in [0.717, 1.165) is 6.07 Å². The van der Waals surface area contributed by atoms with Crippen molar-refractivity contribution in [2.75, 3.05) is 11.9 Å². The number of hydrogen-bond acceptors (Lipinski definition) is 5. The van der Waals surface area contributed by atoms with Crippen LogP contribution in [0.25, 0.3) is 11.0 Å². The number of furan rings is 1. The van der Waals surface area contributed by atoms with Crippen LogP contribution in [0.15, 0.2) is 47.0 Å². The van der Waals surface area contributed by atoms with Crippen molar-refractivity contribution in [3.63, 3.8) is 0 Å². The Morgan fingerprint density at radius 2 is 1.84 bits per heavy atom. The maximum Gasteiger partial charge on any atom is 0.424 e. The van der Waals surface area contributed by atoms with Gasteiger partial charge in [-0.15, -0.1) is 0 Å². The van der Waals surface area contributed by atoms with Crippen LogP contribution in [0.3, 0.4) is 0 Å². The Hall–Kier alpha value is -2.61. The summed E-state index contributed by atoms with van der Waals surface area (Å²) >= 11 is 0. The topological polar surface area (TPSA) is 71.2 Å².